The van der Waals surface area contributed by atoms with E-state index in [2.05, 4.69) is 9.97 Å². The summed E-state index contributed by atoms with van der Waals surface area (Å²) in [5.41, 5.74) is 2.61. The molecule has 1 aliphatic rings. The van der Waals surface area contributed by atoms with Gasteiger partial charge in [-0.2, -0.15) is 13.2 Å². The van der Waals surface area contributed by atoms with Crippen LogP contribution in [0, 0.1) is 0 Å². The van der Waals surface area contributed by atoms with Gasteiger partial charge in [0.15, 0.2) is 6.10 Å². The summed E-state index contributed by atoms with van der Waals surface area (Å²) < 4.78 is 62.4. The first-order valence-electron chi connectivity index (χ1n) is 9.37. The van der Waals surface area contributed by atoms with Gasteiger partial charge in [0.25, 0.3) is 11.3 Å². The molecule has 2 atom stereocenters. The van der Waals surface area contributed by atoms with Gasteiger partial charge >= 0.3 is 6.18 Å². The van der Waals surface area contributed by atoms with Crippen LogP contribution in [0.5, 0.6) is 5.75 Å². The van der Waals surface area contributed by atoms with Gasteiger partial charge in [0, 0.05) is 24.1 Å². The number of alkyl halides is 3. The highest BCUT2D eigenvalue weighted by molar-refractivity contribution is 7.81. The maximum atomic E-state index is 13.0. The standard InChI is InChI=1S/C21H18F3N3O3S/c1-29-16-9-7-15(8-10-16)18-13-17(14-5-3-2-4-6-14)25-20(26-18)27-12-11-19(21(22,23)24)30-31(27)28/h2-10,13,19H,11-12H2,1H3. The van der Waals surface area contributed by atoms with Crippen molar-refractivity contribution >= 4 is 17.2 Å². The summed E-state index contributed by atoms with van der Waals surface area (Å²) >= 11 is -2.37. The number of halogens is 3. The second-order valence-corrected chi connectivity index (χ2v) is 7.83. The molecule has 2 unspecified atom stereocenters. The van der Waals surface area contributed by atoms with Crippen molar-refractivity contribution < 1.29 is 26.3 Å². The molecule has 1 aromatic heterocycles. The van der Waals surface area contributed by atoms with E-state index in [1.54, 1.807) is 25.3 Å². The predicted molar refractivity (Wildman–Crippen MR) is 110 cm³/mol. The lowest BCUT2D eigenvalue weighted by Crippen LogP contribution is -2.45. The Balaban J connectivity index is 1.74. The van der Waals surface area contributed by atoms with Crippen molar-refractivity contribution in [1.29, 1.82) is 0 Å². The van der Waals surface area contributed by atoms with Gasteiger partial charge in [-0.25, -0.2) is 18.5 Å². The summed E-state index contributed by atoms with van der Waals surface area (Å²) in [5.74, 6) is 0.705. The predicted octanol–water partition coefficient (Wildman–Crippen LogP) is 4.56. The highest BCUT2D eigenvalue weighted by atomic mass is 32.2. The average molecular weight is 449 g/mol. The molecule has 0 amide bonds. The Morgan fingerprint density at radius 3 is 2.19 bits per heavy atom. The summed E-state index contributed by atoms with van der Waals surface area (Å²) in [7, 11) is 1.56. The first-order chi connectivity index (χ1) is 14.8. The highest BCUT2D eigenvalue weighted by Crippen LogP contribution is 2.33. The van der Waals surface area contributed by atoms with Crippen LogP contribution in [0.1, 0.15) is 6.42 Å². The van der Waals surface area contributed by atoms with Gasteiger partial charge < -0.3 is 4.74 Å². The molecule has 0 spiro atoms. The van der Waals surface area contributed by atoms with E-state index in [9.17, 15) is 17.4 Å². The number of rotatable bonds is 4. The Labute approximate surface area is 179 Å². The lowest BCUT2D eigenvalue weighted by atomic mass is 10.1. The van der Waals surface area contributed by atoms with Crippen LogP contribution in [0.2, 0.25) is 0 Å². The van der Waals surface area contributed by atoms with E-state index in [-0.39, 0.29) is 18.9 Å². The molecule has 0 bridgehead atoms. The van der Waals surface area contributed by atoms with Crippen LogP contribution >= 0.6 is 0 Å². The fourth-order valence-corrected chi connectivity index (χ4v) is 4.08. The zero-order chi connectivity index (χ0) is 22.0. The van der Waals surface area contributed by atoms with Gasteiger partial charge in [0.1, 0.15) is 5.75 Å². The first kappa shape index (κ1) is 21.3. The zero-order valence-electron chi connectivity index (χ0n) is 16.4. The van der Waals surface area contributed by atoms with Gasteiger partial charge in [-0.15, -0.1) is 0 Å². The van der Waals surface area contributed by atoms with Crippen LogP contribution in [0.3, 0.4) is 0 Å². The Hall–Kier alpha value is -2.98. The summed E-state index contributed by atoms with van der Waals surface area (Å²) in [5, 5.41) is 0. The van der Waals surface area contributed by atoms with E-state index < -0.39 is 23.5 Å². The van der Waals surface area contributed by atoms with Crippen molar-refractivity contribution in [3.05, 3.63) is 60.7 Å². The minimum Gasteiger partial charge on any atom is -0.497 e. The van der Waals surface area contributed by atoms with Crippen LogP contribution in [-0.4, -0.2) is 40.1 Å². The molecule has 3 aromatic rings. The second kappa shape index (κ2) is 8.64. The van der Waals surface area contributed by atoms with Crippen LogP contribution in [0.4, 0.5) is 19.1 Å². The number of hydrogen-bond acceptors (Lipinski definition) is 5. The molecule has 4 rings (SSSR count). The van der Waals surface area contributed by atoms with Crippen molar-refractivity contribution in [2.24, 2.45) is 0 Å². The number of hydrogen-bond donors (Lipinski definition) is 0. The van der Waals surface area contributed by atoms with Gasteiger partial charge in [0.05, 0.1) is 18.5 Å². The van der Waals surface area contributed by atoms with Crippen molar-refractivity contribution in [1.82, 2.24) is 9.97 Å². The quantitative estimate of drug-likeness (QED) is 0.585. The molecule has 0 N–H and O–H groups in total. The normalized spacial score (nSPS) is 19.3. The summed E-state index contributed by atoms with van der Waals surface area (Å²) in [6.07, 6.45) is -7.03. The molecular weight excluding hydrogens is 431 g/mol. The molecule has 162 valence electrons. The van der Waals surface area contributed by atoms with Gasteiger partial charge in [-0.05, 0) is 30.3 Å². The first-order valence-corrected chi connectivity index (χ1v) is 10.4. The van der Waals surface area contributed by atoms with E-state index in [4.69, 9.17) is 8.92 Å². The van der Waals surface area contributed by atoms with Gasteiger partial charge in [-0.3, -0.25) is 4.18 Å². The molecule has 0 aliphatic carbocycles. The molecule has 10 heteroatoms. The lowest BCUT2D eigenvalue weighted by Gasteiger charge is -2.31. The second-order valence-electron chi connectivity index (χ2n) is 6.77. The Kier molecular flexibility index (Phi) is 5.92. The number of benzene rings is 2. The topological polar surface area (TPSA) is 64.6 Å². The number of ether oxygens (including phenoxy) is 1. The molecular formula is C21H18F3N3O3S. The maximum absolute atomic E-state index is 13.0. The molecule has 1 saturated heterocycles. The number of aromatic nitrogens is 2. The number of anilines is 1. The van der Waals surface area contributed by atoms with Gasteiger partial charge in [-0.1, -0.05) is 30.3 Å². The minimum absolute atomic E-state index is 0.0335. The van der Waals surface area contributed by atoms with Crippen molar-refractivity contribution in [3.8, 4) is 28.3 Å². The third kappa shape index (κ3) is 4.70. The zero-order valence-corrected chi connectivity index (χ0v) is 17.2. The largest absolute Gasteiger partial charge is 0.497 e. The summed E-state index contributed by atoms with van der Waals surface area (Å²) in [6, 6.07) is 18.2. The number of nitrogens with zero attached hydrogens (tertiary/aromatic N) is 3. The molecule has 1 fully saturated rings. The third-order valence-electron chi connectivity index (χ3n) is 4.73. The molecule has 2 heterocycles. The van der Waals surface area contributed by atoms with Crippen LogP contribution < -0.4 is 9.04 Å². The average Bonchev–Trinajstić information content (AvgIpc) is 2.79. The molecule has 0 radical (unpaired) electrons. The van der Waals surface area contributed by atoms with Crippen molar-refractivity contribution in [2.75, 3.05) is 18.0 Å². The van der Waals surface area contributed by atoms with Crippen molar-refractivity contribution in [3.63, 3.8) is 0 Å². The molecule has 0 saturated carbocycles. The van der Waals surface area contributed by atoms with E-state index in [0.717, 1.165) is 15.4 Å². The fourth-order valence-electron chi connectivity index (χ4n) is 3.11. The Bertz CT molecular complexity index is 1080. The highest BCUT2D eigenvalue weighted by Gasteiger charge is 2.46. The van der Waals surface area contributed by atoms with Gasteiger partial charge in [0.2, 0.25) is 5.95 Å². The fraction of sp³-hybridized carbons (Fsp3) is 0.238. The van der Waals surface area contributed by atoms with Crippen LogP contribution in [0.15, 0.2) is 60.7 Å². The van der Waals surface area contributed by atoms with Crippen LogP contribution in [0.25, 0.3) is 22.5 Å². The Morgan fingerprint density at radius 1 is 1.03 bits per heavy atom. The Morgan fingerprint density at radius 2 is 1.65 bits per heavy atom. The minimum atomic E-state index is -4.58. The van der Waals surface area contributed by atoms with E-state index in [1.165, 1.54) is 0 Å². The van der Waals surface area contributed by atoms with E-state index in [0.29, 0.717) is 17.1 Å². The smallest absolute Gasteiger partial charge is 0.416 e. The molecule has 6 nitrogen and oxygen atoms in total. The van der Waals surface area contributed by atoms with E-state index in [1.807, 2.05) is 42.5 Å². The number of methoxy groups -OCH3 is 1. The lowest BCUT2D eigenvalue weighted by molar-refractivity contribution is -0.195. The maximum Gasteiger partial charge on any atom is 0.416 e. The molecule has 31 heavy (non-hydrogen) atoms. The summed E-state index contributed by atoms with van der Waals surface area (Å²) in [6.45, 7) is -0.156. The monoisotopic (exact) mass is 449 g/mol. The summed E-state index contributed by atoms with van der Waals surface area (Å²) in [4.78, 5) is 8.93. The SMILES string of the molecule is COc1ccc(-c2cc(-c3ccccc3)nc(N3CCC(C(F)(F)F)OS3=O)n2)cc1. The molecule has 1 aliphatic heterocycles. The molecule has 2 aromatic carbocycles. The van der Waals surface area contributed by atoms with E-state index >= 15 is 0 Å². The van der Waals surface area contributed by atoms with Crippen molar-refractivity contribution in [2.45, 2.75) is 18.7 Å². The van der Waals surface area contributed by atoms with Crippen LogP contribution in [-0.2, 0) is 15.4 Å². The third-order valence-corrected chi connectivity index (χ3v) is 5.83.